The average Bonchev–Trinajstić information content (AvgIpc) is 3.10. The number of fused-ring (bicyclic) bond motifs is 1. The predicted octanol–water partition coefficient (Wildman–Crippen LogP) is 7.33. The van der Waals surface area contributed by atoms with E-state index in [-0.39, 0.29) is 22.9 Å². The highest BCUT2D eigenvalue weighted by Gasteiger charge is 2.39. The van der Waals surface area contributed by atoms with Crippen LogP contribution in [0.1, 0.15) is 50.3 Å². The molecule has 0 amide bonds. The van der Waals surface area contributed by atoms with Gasteiger partial charge in [0.15, 0.2) is 5.78 Å². The van der Waals surface area contributed by atoms with Gasteiger partial charge in [-0.3, -0.25) is 9.59 Å². The van der Waals surface area contributed by atoms with E-state index in [1.54, 1.807) is 18.2 Å². The summed E-state index contributed by atoms with van der Waals surface area (Å²) >= 11 is 10.6. The number of halogens is 1. The van der Waals surface area contributed by atoms with E-state index >= 15 is 0 Å². The van der Waals surface area contributed by atoms with Crippen LogP contribution in [0.5, 0.6) is 11.5 Å². The number of phenols is 1. The topological polar surface area (TPSA) is 96.9 Å². The lowest BCUT2D eigenvalue weighted by Crippen LogP contribution is -2.31. The second-order valence-electron chi connectivity index (χ2n) is 10.7. The Morgan fingerprint density at radius 1 is 1.10 bits per heavy atom. The van der Waals surface area contributed by atoms with Crippen LogP contribution in [-0.4, -0.2) is 29.7 Å². The van der Waals surface area contributed by atoms with Crippen LogP contribution < -0.4 is 15.4 Å². The zero-order chi connectivity index (χ0) is 29.6. The Kier molecular flexibility index (Phi) is 9.89. The van der Waals surface area contributed by atoms with Crippen LogP contribution in [0.3, 0.4) is 0 Å². The van der Waals surface area contributed by atoms with Gasteiger partial charge in [0.2, 0.25) is 0 Å². The number of carbonyl (C=O) groups excluding carboxylic acids is 2. The van der Waals surface area contributed by atoms with E-state index in [2.05, 4.69) is 41.8 Å². The van der Waals surface area contributed by atoms with Crippen molar-refractivity contribution in [2.24, 2.45) is 5.41 Å². The fraction of sp³-hybridized carbons (Fsp3) is 0.312. The Bertz CT molecular complexity index is 1440. The normalized spacial score (nSPS) is 17.0. The van der Waals surface area contributed by atoms with Crippen LogP contribution in [-0.2, 0) is 20.9 Å². The van der Waals surface area contributed by atoms with Crippen molar-refractivity contribution in [3.63, 3.8) is 0 Å². The first-order valence-corrected chi connectivity index (χ1v) is 14.4. The summed E-state index contributed by atoms with van der Waals surface area (Å²) in [6.45, 7) is 4.61. The number of methoxy groups -OCH3 is 1. The SMILES string of the molecule is CC1(C)CC(=O)C2=C(C1)Nc1c(O)cccc1NC2c1ccc(OCc2ccccc2)cc1Cl.COC(=O)CCS. The summed E-state index contributed by atoms with van der Waals surface area (Å²) < 4.78 is 10.2. The summed E-state index contributed by atoms with van der Waals surface area (Å²) in [7, 11) is 1.37. The van der Waals surface area contributed by atoms with Crippen molar-refractivity contribution in [2.45, 2.75) is 45.8 Å². The lowest BCUT2D eigenvalue weighted by atomic mass is 9.73. The molecule has 0 bridgehead atoms. The van der Waals surface area contributed by atoms with Gasteiger partial charge in [0, 0.05) is 28.5 Å². The predicted molar refractivity (Wildman–Crippen MR) is 166 cm³/mol. The number of phenolic OH excluding ortho intramolecular Hbond substituents is 1. The Labute approximate surface area is 251 Å². The summed E-state index contributed by atoms with van der Waals surface area (Å²) in [5, 5.41) is 17.9. The first kappa shape index (κ1) is 30.3. The lowest BCUT2D eigenvalue weighted by molar-refractivity contribution is -0.140. The third kappa shape index (κ3) is 7.57. The lowest BCUT2D eigenvalue weighted by Gasteiger charge is -2.34. The molecule has 2 aliphatic rings. The molecule has 0 radical (unpaired) electrons. The molecule has 0 fully saturated rings. The Hall–Kier alpha value is -3.62. The van der Waals surface area contributed by atoms with Crippen molar-refractivity contribution in [3.8, 4) is 11.5 Å². The molecule has 9 heteroatoms. The van der Waals surface area contributed by atoms with Gasteiger partial charge in [-0.25, -0.2) is 0 Å². The highest BCUT2D eigenvalue weighted by molar-refractivity contribution is 7.80. The first-order chi connectivity index (χ1) is 19.6. The summed E-state index contributed by atoms with van der Waals surface area (Å²) in [6.07, 6.45) is 1.54. The van der Waals surface area contributed by atoms with Gasteiger partial charge in [-0.15, -0.1) is 0 Å². The zero-order valence-electron chi connectivity index (χ0n) is 23.4. The minimum absolute atomic E-state index is 0.0732. The van der Waals surface area contributed by atoms with Crippen LogP contribution in [0.2, 0.25) is 5.02 Å². The molecule has 3 N–H and O–H groups in total. The Morgan fingerprint density at radius 2 is 1.85 bits per heavy atom. The van der Waals surface area contributed by atoms with Crippen molar-refractivity contribution < 1.29 is 24.2 Å². The number of anilines is 2. The number of rotatable bonds is 6. The largest absolute Gasteiger partial charge is 0.506 e. The van der Waals surface area contributed by atoms with Crippen LogP contribution in [0, 0.1) is 5.41 Å². The number of hydrogen-bond acceptors (Lipinski definition) is 8. The molecule has 216 valence electrons. The van der Waals surface area contributed by atoms with Gasteiger partial charge in [-0.2, -0.15) is 12.6 Å². The van der Waals surface area contributed by atoms with E-state index in [4.69, 9.17) is 16.3 Å². The van der Waals surface area contributed by atoms with E-state index < -0.39 is 6.04 Å². The average molecular weight is 595 g/mol. The molecule has 0 spiro atoms. The van der Waals surface area contributed by atoms with Crippen LogP contribution in [0.4, 0.5) is 11.4 Å². The van der Waals surface area contributed by atoms with Crippen molar-refractivity contribution >= 4 is 47.4 Å². The molecule has 1 aliphatic carbocycles. The summed E-state index contributed by atoms with van der Waals surface area (Å²) in [6, 6.07) is 20.4. The number of allylic oxidation sites excluding steroid dienone is 1. The molecular weight excluding hydrogens is 560 g/mol. The Balaban J connectivity index is 0.000000493. The molecule has 3 aromatic carbocycles. The summed E-state index contributed by atoms with van der Waals surface area (Å²) in [5.74, 6) is 1.22. The molecule has 0 saturated carbocycles. The minimum Gasteiger partial charge on any atom is -0.506 e. The molecule has 0 saturated heterocycles. The molecule has 41 heavy (non-hydrogen) atoms. The number of esters is 1. The minimum atomic E-state index is -0.454. The number of hydrogen-bond donors (Lipinski definition) is 4. The van der Waals surface area contributed by atoms with Crippen molar-refractivity contribution in [2.75, 3.05) is 23.5 Å². The second kappa shape index (κ2) is 13.4. The van der Waals surface area contributed by atoms with E-state index in [0.717, 1.165) is 16.8 Å². The number of para-hydroxylation sites is 1. The second-order valence-corrected chi connectivity index (χ2v) is 11.6. The van der Waals surface area contributed by atoms with Gasteiger partial charge in [0.05, 0.1) is 25.3 Å². The number of benzene rings is 3. The Morgan fingerprint density at radius 3 is 2.51 bits per heavy atom. The van der Waals surface area contributed by atoms with Crippen LogP contribution in [0.15, 0.2) is 78.0 Å². The summed E-state index contributed by atoms with van der Waals surface area (Å²) in [4.78, 5) is 23.5. The molecule has 7 nitrogen and oxygen atoms in total. The summed E-state index contributed by atoms with van der Waals surface area (Å²) in [5.41, 5.74) is 4.44. The van der Waals surface area contributed by atoms with Gasteiger partial charge in [-0.1, -0.05) is 67.9 Å². The van der Waals surface area contributed by atoms with E-state index in [1.807, 2.05) is 48.5 Å². The first-order valence-electron chi connectivity index (χ1n) is 13.4. The fourth-order valence-electron chi connectivity index (χ4n) is 4.95. The molecular formula is C32H35ClN2O5S. The van der Waals surface area contributed by atoms with Crippen LogP contribution >= 0.6 is 24.2 Å². The van der Waals surface area contributed by atoms with Gasteiger partial charge < -0.3 is 25.2 Å². The van der Waals surface area contributed by atoms with Gasteiger partial charge in [0.25, 0.3) is 0 Å². The number of nitrogens with one attached hydrogen (secondary N) is 2. The molecule has 5 rings (SSSR count). The van der Waals surface area contributed by atoms with Gasteiger partial charge >= 0.3 is 5.97 Å². The van der Waals surface area contributed by atoms with E-state index in [9.17, 15) is 14.7 Å². The van der Waals surface area contributed by atoms with Crippen molar-refractivity contribution in [3.05, 3.63) is 94.1 Å². The highest BCUT2D eigenvalue weighted by Crippen LogP contribution is 2.48. The monoisotopic (exact) mass is 594 g/mol. The molecule has 1 aliphatic heterocycles. The molecule has 0 aromatic heterocycles. The quantitative estimate of drug-likeness (QED) is 0.135. The standard InChI is InChI=1S/C28H27ClN2O3.C4H8O2S/c1-28(2)14-22-25(24(33)15-28)26(30-21-9-6-10-23(32)27(21)31-22)19-12-11-18(13-20(19)29)34-16-17-7-4-3-5-8-17;1-6-4(5)2-3-7/h3-13,26,30-32H,14-16H2,1-2H3;7H,2-3H2,1H3. The number of aromatic hydroxyl groups is 1. The maximum Gasteiger partial charge on any atom is 0.306 e. The van der Waals surface area contributed by atoms with Gasteiger partial charge in [0.1, 0.15) is 23.8 Å². The number of carbonyl (C=O) groups is 2. The third-order valence-electron chi connectivity index (χ3n) is 6.90. The number of ketones is 1. The van der Waals surface area contributed by atoms with E-state index in [0.29, 0.717) is 59.3 Å². The fourth-order valence-corrected chi connectivity index (χ4v) is 5.41. The van der Waals surface area contributed by atoms with Crippen molar-refractivity contribution in [1.82, 2.24) is 0 Å². The number of Topliss-reactive ketones (excluding diaryl/α,β-unsaturated/α-hetero) is 1. The number of ether oxygens (including phenoxy) is 2. The van der Waals surface area contributed by atoms with Crippen LogP contribution in [0.25, 0.3) is 0 Å². The number of thiol groups is 1. The smallest absolute Gasteiger partial charge is 0.306 e. The molecule has 1 atom stereocenters. The zero-order valence-corrected chi connectivity index (χ0v) is 25.0. The van der Waals surface area contributed by atoms with Crippen molar-refractivity contribution in [1.29, 1.82) is 0 Å². The molecule has 1 heterocycles. The van der Waals surface area contributed by atoms with E-state index in [1.165, 1.54) is 7.11 Å². The molecule has 3 aromatic rings. The maximum absolute atomic E-state index is 13.4. The molecule has 1 unspecified atom stereocenters. The third-order valence-corrected chi connectivity index (χ3v) is 7.45. The maximum atomic E-state index is 13.4. The highest BCUT2D eigenvalue weighted by atomic mass is 35.5. The van der Waals surface area contributed by atoms with Gasteiger partial charge in [-0.05, 0) is 47.2 Å².